The molecule has 0 aromatic heterocycles. The van der Waals surface area contributed by atoms with Crippen LogP contribution in [0.4, 0.5) is 16.2 Å². The van der Waals surface area contributed by atoms with Crippen LogP contribution < -0.4 is 4.90 Å². The number of rotatable bonds is 8. The summed E-state index contributed by atoms with van der Waals surface area (Å²) in [5.74, 6) is 0. The quantitative estimate of drug-likeness (QED) is 0.660. The third-order valence-electron chi connectivity index (χ3n) is 3.95. The minimum atomic E-state index is -0.341. The molecule has 0 bridgehead atoms. The number of amides is 1. The minimum absolute atomic E-state index is 0.341. The van der Waals surface area contributed by atoms with Crippen molar-refractivity contribution >= 4 is 17.5 Å². The number of anilines is 2. The molecule has 0 radical (unpaired) electrons. The Kier molecular flexibility index (Phi) is 7.30. The van der Waals surface area contributed by atoms with E-state index in [1.54, 1.807) is 4.90 Å². The molecule has 4 heteroatoms. The highest BCUT2D eigenvalue weighted by Crippen LogP contribution is 2.25. The lowest BCUT2D eigenvalue weighted by molar-refractivity contribution is 0.148. The van der Waals surface area contributed by atoms with Gasteiger partial charge in [-0.1, -0.05) is 50.2 Å². The smallest absolute Gasteiger partial charge is 0.418 e. The number of nitrogens with zero attached hydrogens (tertiary/aromatic N) is 2. The van der Waals surface area contributed by atoms with E-state index in [0.29, 0.717) is 6.61 Å². The number of carbonyl (C=O) groups is 1. The highest BCUT2D eigenvalue weighted by molar-refractivity contribution is 5.95. The molecule has 0 heterocycles. The fraction of sp³-hybridized carbons (Fsp3) is 0.350. The Labute approximate surface area is 144 Å². The van der Waals surface area contributed by atoms with Crippen LogP contribution in [-0.2, 0) is 4.74 Å². The van der Waals surface area contributed by atoms with E-state index in [1.807, 2.05) is 60.7 Å². The van der Waals surface area contributed by atoms with Gasteiger partial charge in [0, 0.05) is 6.54 Å². The molecule has 1 amide bonds. The molecule has 0 N–H and O–H groups in total. The zero-order valence-electron chi connectivity index (χ0n) is 14.5. The van der Waals surface area contributed by atoms with Gasteiger partial charge in [0.1, 0.15) is 0 Å². The van der Waals surface area contributed by atoms with Crippen molar-refractivity contribution in [2.75, 3.05) is 31.1 Å². The third kappa shape index (κ3) is 5.10. The van der Waals surface area contributed by atoms with Crippen molar-refractivity contribution in [3.63, 3.8) is 0 Å². The number of para-hydroxylation sites is 2. The Balaban J connectivity index is 2.01. The summed E-state index contributed by atoms with van der Waals surface area (Å²) in [6.45, 7) is 7.68. The van der Waals surface area contributed by atoms with Crippen LogP contribution in [0.5, 0.6) is 0 Å². The van der Waals surface area contributed by atoms with E-state index < -0.39 is 0 Å². The predicted molar refractivity (Wildman–Crippen MR) is 98.8 cm³/mol. The van der Waals surface area contributed by atoms with E-state index in [1.165, 1.54) is 0 Å². The van der Waals surface area contributed by atoms with Crippen LogP contribution in [0.25, 0.3) is 0 Å². The van der Waals surface area contributed by atoms with Gasteiger partial charge < -0.3 is 9.64 Å². The molecule has 0 aliphatic heterocycles. The molecule has 2 aromatic rings. The van der Waals surface area contributed by atoms with E-state index in [0.717, 1.165) is 37.4 Å². The van der Waals surface area contributed by atoms with Crippen LogP contribution in [0.3, 0.4) is 0 Å². The largest absolute Gasteiger partial charge is 0.449 e. The summed E-state index contributed by atoms with van der Waals surface area (Å²) in [5, 5.41) is 0. The molecule has 128 valence electrons. The van der Waals surface area contributed by atoms with Crippen molar-refractivity contribution < 1.29 is 9.53 Å². The van der Waals surface area contributed by atoms with Gasteiger partial charge in [-0.25, -0.2) is 9.69 Å². The molecule has 0 saturated heterocycles. The molecule has 4 nitrogen and oxygen atoms in total. The summed E-state index contributed by atoms with van der Waals surface area (Å²) in [5.41, 5.74) is 1.61. The molecular weight excluding hydrogens is 300 g/mol. The number of hydrogen-bond acceptors (Lipinski definition) is 3. The summed E-state index contributed by atoms with van der Waals surface area (Å²) in [6, 6.07) is 19.2. The molecule has 0 spiro atoms. The first kappa shape index (κ1) is 18.0. The van der Waals surface area contributed by atoms with Crippen molar-refractivity contribution in [3.05, 3.63) is 60.7 Å². The van der Waals surface area contributed by atoms with Crippen LogP contribution in [0.1, 0.15) is 20.3 Å². The molecule has 24 heavy (non-hydrogen) atoms. The van der Waals surface area contributed by atoms with E-state index in [2.05, 4.69) is 18.7 Å². The Morgan fingerprint density at radius 1 is 0.875 bits per heavy atom. The number of hydrogen-bond donors (Lipinski definition) is 0. The second-order valence-corrected chi connectivity index (χ2v) is 5.50. The Hall–Kier alpha value is -2.33. The molecule has 0 aliphatic rings. The van der Waals surface area contributed by atoms with Gasteiger partial charge in [0.15, 0.2) is 0 Å². The summed E-state index contributed by atoms with van der Waals surface area (Å²) < 4.78 is 5.51. The van der Waals surface area contributed by atoms with Gasteiger partial charge in [0.25, 0.3) is 0 Å². The summed E-state index contributed by atoms with van der Waals surface area (Å²) in [4.78, 5) is 16.5. The molecular formula is C20H26N2O2. The lowest BCUT2D eigenvalue weighted by Gasteiger charge is -2.23. The first-order valence-corrected chi connectivity index (χ1v) is 8.55. The first-order valence-electron chi connectivity index (χ1n) is 8.55. The molecule has 0 aliphatic carbocycles. The van der Waals surface area contributed by atoms with Crippen LogP contribution >= 0.6 is 0 Å². The van der Waals surface area contributed by atoms with Gasteiger partial charge >= 0.3 is 6.09 Å². The Morgan fingerprint density at radius 3 is 1.83 bits per heavy atom. The van der Waals surface area contributed by atoms with E-state index in [4.69, 9.17) is 4.74 Å². The van der Waals surface area contributed by atoms with Crippen molar-refractivity contribution in [1.29, 1.82) is 0 Å². The molecule has 0 unspecified atom stereocenters. The predicted octanol–water partition coefficient (Wildman–Crippen LogP) is 4.69. The third-order valence-corrected chi connectivity index (χ3v) is 3.95. The monoisotopic (exact) mass is 326 g/mol. The second kappa shape index (κ2) is 9.73. The molecule has 0 fully saturated rings. The lowest BCUT2D eigenvalue weighted by Crippen LogP contribution is -2.29. The molecule has 0 saturated carbocycles. The zero-order chi connectivity index (χ0) is 17.2. The number of carbonyl (C=O) groups excluding carboxylic acids is 1. The molecule has 2 rings (SSSR count). The summed E-state index contributed by atoms with van der Waals surface area (Å²) in [6.07, 6.45) is 0.497. The molecule has 0 atom stereocenters. The average molecular weight is 326 g/mol. The maximum absolute atomic E-state index is 12.6. The van der Waals surface area contributed by atoms with Gasteiger partial charge in [0.05, 0.1) is 18.0 Å². The minimum Gasteiger partial charge on any atom is -0.449 e. The van der Waals surface area contributed by atoms with Gasteiger partial charge in [-0.15, -0.1) is 0 Å². The average Bonchev–Trinajstić information content (AvgIpc) is 2.64. The van der Waals surface area contributed by atoms with Crippen molar-refractivity contribution in [2.45, 2.75) is 20.3 Å². The van der Waals surface area contributed by atoms with Gasteiger partial charge in [0.2, 0.25) is 0 Å². The fourth-order valence-electron chi connectivity index (χ4n) is 2.57. The zero-order valence-corrected chi connectivity index (χ0v) is 14.5. The van der Waals surface area contributed by atoms with Crippen LogP contribution in [0, 0.1) is 0 Å². The maximum Gasteiger partial charge on any atom is 0.418 e. The van der Waals surface area contributed by atoms with Crippen molar-refractivity contribution in [1.82, 2.24) is 4.90 Å². The topological polar surface area (TPSA) is 32.8 Å². The standard InChI is InChI=1S/C20H26N2O2/c1-3-21(4-2)16-11-17-24-20(23)22(18-12-7-5-8-13-18)19-14-9-6-10-15-19/h5-10,12-15H,3-4,11,16-17H2,1-2H3. The highest BCUT2D eigenvalue weighted by atomic mass is 16.6. The maximum atomic E-state index is 12.6. The van der Waals surface area contributed by atoms with Crippen LogP contribution in [0.2, 0.25) is 0 Å². The van der Waals surface area contributed by atoms with Crippen LogP contribution in [-0.4, -0.2) is 37.2 Å². The highest BCUT2D eigenvalue weighted by Gasteiger charge is 2.19. The summed E-state index contributed by atoms with van der Waals surface area (Å²) >= 11 is 0. The summed E-state index contributed by atoms with van der Waals surface area (Å²) in [7, 11) is 0. The van der Waals surface area contributed by atoms with E-state index in [9.17, 15) is 4.79 Å². The SMILES string of the molecule is CCN(CC)CCCOC(=O)N(c1ccccc1)c1ccccc1. The number of ether oxygens (including phenoxy) is 1. The Bertz CT molecular complexity index is 558. The normalized spacial score (nSPS) is 10.6. The van der Waals surface area contributed by atoms with E-state index >= 15 is 0 Å². The fourth-order valence-corrected chi connectivity index (χ4v) is 2.57. The van der Waals surface area contributed by atoms with E-state index in [-0.39, 0.29) is 6.09 Å². The number of benzene rings is 2. The van der Waals surface area contributed by atoms with Gasteiger partial charge in [-0.05, 0) is 43.8 Å². The lowest BCUT2D eigenvalue weighted by atomic mass is 10.2. The van der Waals surface area contributed by atoms with Gasteiger partial charge in [-0.3, -0.25) is 0 Å². The van der Waals surface area contributed by atoms with Gasteiger partial charge in [-0.2, -0.15) is 0 Å². The van der Waals surface area contributed by atoms with Crippen molar-refractivity contribution in [3.8, 4) is 0 Å². The van der Waals surface area contributed by atoms with Crippen molar-refractivity contribution in [2.24, 2.45) is 0 Å². The first-order chi connectivity index (χ1) is 11.8. The Morgan fingerprint density at radius 2 is 1.38 bits per heavy atom. The molecule has 2 aromatic carbocycles. The second-order valence-electron chi connectivity index (χ2n) is 5.50. The van der Waals surface area contributed by atoms with Crippen LogP contribution in [0.15, 0.2) is 60.7 Å².